The van der Waals surface area contributed by atoms with Gasteiger partial charge in [0.05, 0.1) is 0 Å². The quantitative estimate of drug-likeness (QED) is 0.824. The van der Waals surface area contributed by atoms with Gasteiger partial charge in [-0.3, -0.25) is 5.43 Å². The molecule has 0 bridgehead atoms. The maximum atomic E-state index is 11.5. The molecule has 1 fully saturated rings. The fourth-order valence-corrected chi connectivity index (χ4v) is 2.47. The molecule has 0 heterocycles. The Labute approximate surface area is 128 Å². The zero-order valence-electron chi connectivity index (χ0n) is 12.1. The average molecular weight is 341 g/mol. The Morgan fingerprint density at radius 2 is 1.85 bits per heavy atom. The SMILES string of the molecule is CC(C)(C)OC(=O)NNC1CC(c2ccc(Br)cc2)C1. The molecule has 0 aromatic heterocycles. The van der Waals surface area contributed by atoms with Crippen molar-refractivity contribution < 1.29 is 9.53 Å². The van der Waals surface area contributed by atoms with Gasteiger partial charge in [-0.2, -0.15) is 0 Å². The van der Waals surface area contributed by atoms with Gasteiger partial charge in [-0.25, -0.2) is 10.2 Å². The van der Waals surface area contributed by atoms with Gasteiger partial charge in [0, 0.05) is 10.5 Å². The maximum absolute atomic E-state index is 11.5. The molecule has 20 heavy (non-hydrogen) atoms. The summed E-state index contributed by atoms with van der Waals surface area (Å²) in [6.45, 7) is 5.54. The van der Waals surface area contributed by atoms with Crippen LogP contribution in [-0.2, 0) is 4.74 Å². The molecule has 0 atom stereocenters. The van der Waals surface area contributed by atoms with Crippen LogP contribution in [0.15, 0.2) is 28.7 Å². The average Bonchev–Trinajstić information content (AvgIpc) is 2.27. The highest BCUT2D eigenvalue weighted by molar-refractivity contribution is 9.10. The molecule has 0 radical (unpaired) electrons. The van der Waals surface area contributed by atoms with Crippen LogP contribution in [0.1, 0.15) is 45.1 Å². The van der Waals surface area contributed by atoms with E-state index in [1.165, 1.54) is 5.56 Å². The van der Waals surface area contributed by atoms with Crippen LogP contribution in [0, 0.1) is 0 Å². The fourth-order valence-electron chi connectivity index (χ4n) is 2.21. The maximum Gasteiger partial charge on any atom is 0.422 e. The van der Waals surface area contributed by atoms with Crippen molar-refractivity contribution >= 4 is 22.0 Å². The van der Waals surface area contributed by atoms with Crippen LogP contribution < -0.4 is 10.9 Å². The second-order valence-corrected chi connectivity index (χ2v) is 7.10. The van der Waals surface area contributed by atoms with Crippen molar-refractivity contribution in [3.05, 3.63) is 34.3 Å². The molecule has 1 saturated carbocycles. The van der Waals surface area contributed by atoms with Gasteiger partial charge in [0.2, 0.25) is 0 Å². The van der Waals surface area contributed by atoms with E-state index in [1.54, 1.807) is 0 Å². The Hall–Kier alpha value is -1.07. The Kier molecular flexibility index (Phi) is 4.70. The predicted octanol–water partition coefficient (Wildman–Crippen LogP) is 3.72. The van der Waals surface area contributed by atoms with Crippen molar-refractivity contribution in [3.8, 4) is 0 Å². The van der Waals surface area contributed by atoms with Gasteiger partial charge in [-0.15, -0.1) is 0 Å². The molecule has 4 nitrogen and oxygen atoms in total. The van der Waals surface area contributed by atoms with E-state index in [4.69, 9.17) is 4.74 Å². The highest BCUT2D eigenvalue weighted by Gasteiger charge is 2.30. The number of rotatable bonds is 3. The first-order valence-corrected chi connectivity index (χ1v) is 7.63. The van der Waals surface area contributed by atoms with Crippen LogP contribution in [0.4, 0.5) is 4.79 Å². The number of amides is 1. The molecule has 2 rings (SSSR count). The van der Waals surface area contributed by atoms with Gasteiger partial charge in [0.25, 0.3) is 0 Å². The molecule has 1 amide bonds. The van der Waals surface area contributed by atoms with E-state index in [0.29, 0.717) is 12.0 Å². The first-order chi connectivity index (χ1) is 9.33. The lowest BCUT2D eigenvalue weighted by atomic mass is 9.76. The molecule has 2 N–H and O–H groups in total. The van der Waals surface area contributed by atoms with Crippen LogP contribution >= 0.6 is 15.9 Å². The van der Waals surface area contributed by atoms with Crippen molar-refractivity contribution in [2.75, 3.05) is 0 Å². The van der Waals surface area contributed by atoms with E-state index in [2.05, 4.69) is 51.0 Å². The minimum Gasteiger partial charge on any atom is -0.443 e. The van der Waals surface area contributed by atoms with Gasteiger partial charge in [0.15, 0.2) is 0 Å². The van der Waals surface area contributed by atoms with Gasteiger partial charge in [-0.05, 0) is 57.2 Å². The molecule has 5 heteroatoms. The molecule has 1 aromatic rings. The third-order valence-electron chi connectivity index (χ3n) is 3.26. The third-order valence-corrected chi connectivity index (χ3v) is 3.79. The summed E-state index contributed by atoms with van der Waals surface area (Å²) < 4.78 is 6.26. The lowest BCUT2D eigenvalue weighted by molar-refractivity contribution is 0.0471. The largest absolute Gasteiger partial charge is 0.443 e. The summed E-state index contributed by atoms with van der Waals surface area (Å²) in [6, 6.07) is 8.74. The van der Waals surface area contributed by atoms with Crippen LogP contribution in [-0.4, -0.2) is 17.7 Å². The molecule has 0 aliphatic heterocycles. The smallest absolute Gasteiger partial charge is 0.422 e. The van der Waals surface area contributed by atoms with E-state index in [0.717, 1.165) is 17.3 Å². The zero-order chi connectivity index (χ0) is 14.8. The van der Waals surface area contributed by atoms with Gasteiger partial charge in [-0.1, -0.05) is 28.1 Å². The topological polar surface area (TPSA) is 50.4 Å². The summed E-state index contributed by atoms with van der Waals surface area (Å²) in [6.07, 6.45) is 1.62. The minimum absolute atomic E-state index is 0.316. The summed E-state index contributed by atoms with van der Waals surface area (Å²) in [7, 11) is 0. The summed E-state index contributed by atoms with van der Waals surface area (Å²) in [5.41, 5.74) is 6.51. The third kappa shape index (κ3) is 4.49. The molecular weight excluding hydrogens is 320 g/mol. The number of carbonyl (C=O) groups excluding carboxylic acids is 1. The number of nitrogens with one attached hydrogen (secondary N) is 2. The van der Waals surface area contributed by atoms with E-state index >= 15 is 0 Å². The lowest BCUT2D eigenvalue weighted by Gasteiger charge is -2.36. The number of hydrogen-bond donors (Lipinski definition) is 2. The van der Waals surface area contributed by atoms with Crippen LogP contribution in [0.25, 0.3) is 0 Å². The van der Waals surface area contributed by atoms with Crippen molar-refractivity contribution in [1.82, 2.24) is 10.9 Å². The van der Waals surface area contributed by atoms with Gasteiger partial charge in [0.1, 0.15) is 5.60 Å². The van der Waals surface area contributed by atoms with Gasteiger partial charge >= 0.3 is 6.09 Å². The van der Waals surface area contributed by atoms with Gasteiger partial charge < -0.3 is 4.74 Å². The molecular formula is C15H21BrN2O2. The fraction of sp³-hybridized carbons (Fsp3) is 0.533. The monoisotopic (exact) mass is 340 g/mol. The van der Waals surface area contributed by atoms with E-state index in [9.17, 15) is 4.79 Å². The first kappa shape index (κ1) is 15.3. The normalized spacial score (nSPS) is 22.0. The first-order valence-electron chi connectivity index (χ1n) is 6.83. The van der Waals surface area contributed by atoms with Crippen molar-refractivity contribution in [2.24, 2.45) is 0 Å². The van der Waals surface area contributed by atoms with E-state index in [-0.39, 0.29) is 0 Å². The molecule has 1 aliphatic rings. The molecule has 1 aromatic carbocycles. The Morgan fingerprint density at radius 3 is 2.40 bits per heavy atom. The molecule has 0 unspecified atom stereocenters. The molecule has 0 saturated heterocycles. The van der Waals surface area contributed by atoms with Crippen molar-refractivity contribution in [1.29, 1.82) is 0 Å². The Balaban J connectivity index is 1.69. The van der Waals surface area contributed by atoms with Crippen molar-refractivity contribution in [3.63, 3.8) is 0 Å². The highest BCUT2D eigenvalue weighted by Crippen LogP contribution is 2.36. The molecule has 110 valence electrons. The van der Waals surface area contributed by atoms with E-state index in [1.807, 2.05) is 20.8 Å². The Bertz CT molecular complexity index is 462. The molecule has 0 spiro atoms. The Morgan fingerprint density at radius 1 is 1.25 bits per heavy atom. The number of halogens is 1. The minimum atomic E-state index is -0.467. The van der Waals surface area contributed by atoms with E-state index < -0.39 is 11.7 Å². The summed E-state index contributed by atoms with van der Waals surface area (Å²) in [5.74, 6) is 0.570. The summed E-state index contributed by atoms with van der Waals surface area (Å²) in [4.78, 5) is 11.5. The standard InChI is InChI=1S/C15H21BrN2O2/c1-15(2,3)20-14(19)18-17-13-8-11(9-13)10-4-6-12(16)7-5-10/h4-7,11,13,17H,8-9H2,1-3H3,(H,18,19). The van der Waals surface area contributed by atoms with Crippen LogP contribution in [0.2, 0.25) is 0 Å². The number of hydrazine groups is 1. The lowest BCUT2D eigenvalue weighted by Crippen LogP contribution is -2.50. The second-order valence-electron chi connectivity index (χ2n) is 6.19. The number of ether oxygens (including phenoxy) is 1. The second kappa shape index (κ2) is 6.14. The zero-order valence-corrected chi connectivity index (χ0v) is 13.7. The van der Waals surface area contributed by atoms with Crippen molar-refractivity contribution in [2.45, 2.75) is 51.2 Å². The summed E-state index contributed by atoms with van der Waals surface area (Å²) in [5, 5.41) is 0. The number of carbonyl (C=O) groups is 1. The molecule has 1 aliphatic carbocycles. The summed E-state index contributed by atoms with van der Waals surface area (Å²) >= 11 is 3.44. The predicted molar refractivity (Wildman–Crippen MR) is 82.4 cm³/mol. The highest BCUT2D eigenvalue weighted by atomic mass is 79.9. The van der Waals surface area contributed by atoms with Crippen LogP contribution in [0.5, 0.6) is 0 Å². The number of benzene rings is 1. The van der Waals surface area contributed by atoms with Crippen LogP contribution in [0.3, 0.4) is 0 Å². The number of hydrogen-bond acceptors (Lipinski definition) is 3.